The van der Waals surface area contributed by atoms with Gasteiger partial charge < -0.3 is 10.2 Å². The van der Waals surface area contributed by atoms with Crippen LogP contribution in [0.3, 0.4) is 0 Å². The number of halogens is 4. The first-order chi connectivity index (χ1) is 12.5. The Morgan fingerprint density at radius 2 is 1.96 bits per heavy atom. The van der Waals surface area contributed by atoms with Crippen molar-refractivity contribution in [3.63, 3.8) is 0 Å². The molecule has 2 heterocycles. The van der Waals surface area contributed by atoms with E-state index in [1.165, 1.54) is 10.5 Å². The van der Waals surface area contributed by atoms with Gasteiger partial charge in [-0.1, -0.05) is 0 Å². The van der Waals surface area contributed by atoms with E-state index < -0.39 is 30.1 Å². The van der Waals surface area contributed by atoms with Crippen LogP contribution in [0.25, 0.3) is 5.65 Å². The van der Waals surface area contributed by atoms with Crippen LogP contribution in [0.2, 0.25) is 0 Å². The molecule has 0 aromatic carbocycles. The molecule has 9 heteroatoms. The Morgan fingerprint density at radius 1 is 1.33 bits per heavy atom. The van der Waals surface area contributed by atoms with Crippen LogP contribution in [0, 0.1) is 5.92 Å². The summed E-state index contributed by atoms with van der Waals surface area (Å²) in [6, 6.07) is 2.36. The van der Waals surface area contributed by atoms with Gasteiger partial charge in [-0.05, 0) is 37.3 Å². The monoisotopic (exact) mass is 388 g/mol. The van der Waals surface area contributed by atoms with Crippen LogP contribution < -0.4 is 0 Å². The van der Waals surface area contributed by atoms with Crippen molar-refractivity contribution < 1.29 is 32.6 Å². The standard InChI is InChI=1S/C18H20F4N2O3/c1-17(19,20)15-13(6-10-2-4-18(21,22)5-3-10)24-12(9-25)7-11(16(26)27)8-14(24)23-15/h7-8,10,25H,2-6,9H2,1H3,(H,26,27). The molecule has 27 heavy (non-hydrogen) atoms. The van der Waals surface area contributed by atoms with Crippen molar-refractivity contribution in [2.24, 2.45) is 5.92 Å². The molecule has 3 rings (SSSR count). The second-order valence-electron chi connectivity index (χ2n) is 7.19. The fourth-order valence-electron chi connectivity index (χ4n) is 3.67. The zero-order chi connectivity index (χ0) is 20.0. The minimum absolute atomic E-state index is 0.00776. The molecule has 0 atom stereocenters. The number of alkyl halides is 4. The van der Waals surface area contributed by atoms with Gasteiger partial charge in [-0.2, -0.15) is 8.78 Å². The zero-order valence-corrected chi connectivity index (χ0v) is 14.7. The third kappa shape index (κ3) is 3.92. The van der Waals surface area contributed by atoms with Gasteiger partial charge >= 0.3 is 5.97 Å². The number of aliphatic hydroxyl groups is 1. The second kappa shape index (κ2) is 6.78. The summed E-state index contributed by atoms with van der Waals surface area (Å²) < 4.78 is 56.4. The summed E-state index contributed by atoms with van der Waals surface area (Å²) >= 11 is 0. The van der Waals surface area contributed by atoms with Gasteiger partial charge in [0.2, 0.25) is 5.92 Å². The van der Waals surface area contributed by atoms with Crippen molar-refractivity contribution in [2.45, 2.75) is 57.5 Å². The Hall–Kier alpha value is -2.16. The van der Waals surface area contributed by atoms with E-state index in [4.69, 9.17) is 0 Å². The molecule has 2 N–H and O–H groups in total. The maximum absolute atomic E-state index is 14.2. The van der Waals surface area contributed by atoms with Crippen LogP contribution in [0.15, 0.2) is 12.1 Å². The maximum atomic E-state index is 14.2. The zero-order valence-electron chi connectivity index (χ0n) is 14.7. The summed E-state index contributed by atoms with van der Waals surface area (Å²) in [6.07, 6.45) is -0.0623. The molecule has 1 aliphatic rings. The number of rotatable bonds is 5. The minimum atomic E-state index is -3.30. The topological polar surface area (TPSA) is 74.8 Å². The predicted molar refractivity (Wildman–Crippen MR) is 88.3 cm³/mol. The molecule has 5 nitrogen and oxygen atoms in total. The number of hydrogen-bond acceptors (Lipinski definition) is 3. The van der Waals surface area contributed by atoms with Gasteiger partial charge in [-0.25, -0.2) is 18.6 Å². The summed E-state index contributed by atoms with van der Waals surface area (Å²) in [6.45, 7) is 0.114. The van der Waals surface area contributed by atoms with E-state index in [-0.39, 0.29) is 60.6 Å². The van der Waals surface area contributed by atoms with Crippen molar-refractivity contribution >= 4 is 11.6 Å². The fraction of sp³-hybridized carbons (Fsp3) is 0.556. The molecule has 0 bridgehead atoms. The number of carbonyl (C=O) groups is 1. The number of fused-ring (bicyclic) bond motifs is 1. The number of nitrogens with zero attached hydrogens (tertiary/aromatic N) is 2. The number of hydrogen-bond donors (Lipinski definition) is 2. The molecule has 0 aliphatic heterocycles. The average molecular weight is 388 g/mol. The van der Waals surface area contributed by atoms with Crippen LogP contribution in [0.5, 0.6) is 0 Å². The van der Waals surface area contributed by atoms with Crippen LogP contribution in [-0.4, -0.2) is 31.5 Å². The number of aliphatic hydroxyl groups excluding tert-OH is 1. The summed E-state index contributed by atoms with van der Waals surface area (Å²) in [5.41, 5.74) is -0.451. The Balaban J connectivity index is 2.10. The summed E-state index contributed by atoms with van der Waals surface area (Å²) in [4.78, 5) is 15.2. The molecule has 0 amide bonds. The molecule has 2 aromatic heterocycles. The molecule has 148 valence electrons. The molecule has 0 radical (unpaired) electrons. The highest BCUT2D eigenvalue weighted by molar-refractivity contribution is 5.89. The first kappa shape index (κ1) is 19.6. The van der Waals surface area contributed by atoms with E-state index in [9.17, 15) is 32.6 Å². The summed E-state index contributed by atoms with van der Waals surface area (Å²) in [7, 11) is 0. The highest BCUT2D eigenvalue weighted by Crippen LogP contribution is 2.39. The molecular weight excluding hydrogens is 368 g/mol. The smallest absolute Gasteiger partial charge is 0.335 e. The van der Waals surface area contributed by atoms with Gasteiger partial charge in [0.05, 0.1) is 23.6 Å². The molecule has 1 saturated carbocycles. The van der Waals surface area contributed by atoms with Crippen LogP contribution in [-0.2, 0) is 19.0 Å². The molecule has 1 fully saturated rings. The second-order valence-corrected chi connectivity index (χ2v) is 7.19. The van der Waals surface area contributed by atoms with Gasteiger partial charge in [-0.15, -0.1) is 0 Å². The maximum Gasteiger partial charge on any atom is 0.335 e. The molecular formula is C18H20F4N2O3. The van der Waals surface area contributed by atoms with Crippen molar-refractivity contribution in [1.82, 2.24) is 9.38 Å². The van der Waals surface area contributed by atoms with Crippen LogP contribution >= 0.6 is 0 Å². The van der Waals surface area contributed by atoms with Gasteiger partial charge in [0.1, 0.15) is 11.3 Å². The lowest BCUT2D eigenvalue weighted by Crippen LogP contribution is -2.26. The molecule has 1 aliphatic carbocycles. The Bertz CT molecular complexity index is 864. The van der Waals surface area contributed by atoms with E-state index in [0.717, 1.165) is 6.07 Å². The quantitative estimate of drug-likeness (QED) is 0.759. The van der Waals surface area contributed by atoms with Crippen LogP contribution in [0.1, 0.15) is 60.0 Å². The summed E-state index contributed by atoms with van der Waals surface area (Å²) in [5.74, 6) is -7.50. The van der Waals surface area contributed by atoms with E-state index in [1.807, 2.05) is 0 Å². The van der Waals surface area contributed by atoms with E-state index in [0.29, 0.717) is 6.92 Å². The average Bonchev–Trinajstić information content (AvgIpc) is 2.94. The highest BCUT2D eigenvalue weighted by atomic mass is 19.3. The van der Waals surface area contributed by atoms with Crippen molar-refractivity contribution in [1.29, 1.82) is 0 Å². The van der Waals surface area contributed by atoms with E-state index in [1.54, 1.807) is 0 Å². The van der Waals surface area contributed by atoms with Crippen molar-refractivity contribution in [3.05, 3.63) is 34.8 Å². The van der Waals surface area contributed by atoms with Crippen molar-refractivity contribution in [2.75, 3.05) is 0 Å². The number of pyridine rings is 1. The van der Waals surface area contributed by atoms with Gasteiger partial charge in [0, 0.05) is 19.8 Å². The van der Waals surface area contributed by atoms with Gasteiger partial charge in [0.25, 0.3) is 5.92 Å². The normalized spacial score (nSPS) is 18.1. The number of imidazole rings is 1. The molecule has 0 spiro atoms. The molecule has 2 aromatic rings. The largest absolute Gasteiger partial charge is 0.478 e. The minimum Gasteiger partial charge on any atom is -0.478 e. The highest BCUT2D eigenvalue weighted by Gasteiger charge is 2.38. The number of carboxylic acid groups (broad SMARTS) is 1. The molecule has 0 unspecified atom stereocenters. The fourth-order valence-corrected chi connectivity index (χ4v) is 3.67. The van der Waals surface area contributed by atoms with Crippen LogP contribution in [0.4, 0.5) is 17.6 Å². The van der Waals surface area contributed by atoms with Gasteiger partial charge in [-0.3, -0.25) is 4.40 Å². The first-order valence-electron chi connectivity index (χ1n) is 8.66. The van der Waals surface area contributed by atoms with E-state index >= 15 is 0 Å². The Kier molecular flexibility index (Phi) is 4.92. The third-order valence-corrected chi connectivity index (χ3v) is 5.04. The number of carboxylic acids is 1. The predicted octanol–water partition coefficient (Wildman–Crippen LogP) is 4.00. The first-order valence-corrected chi connectivity index (χ1v) is 8.66. The summed E-state index contributed by atoms with van der Waals surface area (Å²) in [5, 5.41) is 18.8. The number of aromatic nitrogens is 2. The third-order valence-electron chi connectivity index (χ3n) is 5.04. The number of aromatic carboxylic acids is 1. The lowest BCUT2D eigenvalue weighted by Gasteiger charge is -2.28. The Morgan fingerprint density at radius 3 is 2.48 bits per heavy atom. The molecule has 0 saturated heterocycles. The Labute approximate surface area is 152 Å². The lowest BCUT2D eigenvalue weighted by atomic mass is 9.83. The SMILES string of the molecule is CC(F)(F)c1nc2cc(C(=O)O)cc(CO)n2c1CC1CCC(F)(F)CC1. The van der Waals surface area contributed by atoms with E-state index in [2.05, 4.69) is 4.98 Å². The lowest BCUT2D eigenvalue weighted by molar-refractivity contribution is -0.0460. The van der Waals surface area contributed by atoms with Crippen molar-refractivity contribution in [3.8, 4) is 0 Å². The van der Waals surface area contributed by atoms with Gasteiger partial charge in [0.15, 0.2) is 0 Å².